The minimum Gasteiger partial charge on any atom is -0.384 e. The number of aliphatic hydroxyl groups is 1. The van der Waals surface area contributed by atoms with Crippen molar-refractivity contribution in [1.29, 1.82) is 0 Å². The minimum atomic E-state index is -0.899. The molecule has 4 heteroatoms. The summed E-state index contributed by atoms with van der Waals surface area (Å²) in [7, 11) is 0. The molecule has 2 rings (SSSR count). The van der Waals surface area contributed by atoms with Gasteiger partial charge in [0.25, 0.3) is 0 Å². The zero-order chi connectivity index (χ0) is 9.42. The van der Waals surface area contributed by atoms with Gasteiger partial charge in [-0.15, -0.1) is 0 Å². The van der Waals surface area contributed by atoms with Gasteiger partial charge in [0.15, 0.2) is 11.0 Å². The van der Waals surface area contributed by atoms with Crippen LogP contribution in [0.3, 0.4) is 0 Å². The molecule has 1 atom stereocenters. The molecule has 0 aromatic carbocycles. The van der Waals surface area contributed by atoms with E-state index in [1.54, 1.807) is 12.2 Å². The molecule has 0 saturated carbocycles. The summed E-state index contributed by atoms with van der Waals surface area (Å²) in [4.78, 5) is 3.67. The second-order valence-corrected chi connectivity index (χ2v) is 3.24. The Balaban J connectivity index is 2.63. The molecule has 2 nitrogen and oxygen atoms in total. The number of fused-ring (bicyclic) bond motifs is 1. The van der Waals surface area contributed by atoms with Crippen molar-refractivity contribution in [2.24, 2.45) is 0 Å². The Bertz CT molecular complexity index is 378. The van der Waals surface area contributed by atoms with Gasteiger partial charge < -0.3 is 5.11 Å². The zero-order valence-corrected chi connectivity index (χ0v) is 7.42. The summed E-state index contributed by atoms with van der Waals surface area (Å²) in [6.45, 7) is 0. The molecule has 0 aliphatic heterocycles. The maximum atomic E-state index is 13.3. The van der Waals surface area contributed by atoms with E-state index in [1.807, 2.05) is 0 Å². The molecule has 0 spiro atoms. The molecule has 1 aliphatic rings. The van der Waals surface area contributed by atoms with Gasteiger partial charge in [-0.1, -0.05) is 23.8 Å². The Labute approximate surface area is 79.7 Å². The third-order valence-electron chi connectivity index (χ3n) is 2.05. The minimum absolute atomic E-state index is 0.187. The summed E-state index contributed by atoms with van der Waals surface area (Å²) in [5.41, 5.74) is 0.944. The first-order valence-corrected chi connectivity index (χ1v) is 4.25. The number of pyridine rings is 1. The van der Waals surface area contributed by atoms with E-state index in [4.69, 9.17) is 11.6 Å². The standard InChI is InChI=1S/C9H7ClFNO/c10-9-8(11)7-5(4-12-9)2-1-3-6(7)13/h1,3-4,6,13H,2H2. The van der Waals surface area contributed by atoms with Crippen LogP contribution in [0.15, 0.2) is 18.3 Å². The second kappa shape index (κ2) is 3.09. The van der Waals surface area contributed by atoms with E-state index in [0.29, 0.717) is 12.0 Å². The molecule has 0 saturated heterocycles. The highest BCUT2D eigenvalue weighted by Crippen LogP contribution is 2.29. The van der Waals surface area contributed by atoms with Gasteiger partial charge in [-0.3, -0.25) is 0 Å². The smallest absolute Gasteiger partial charge is 0.166 e. The number of aliphatic hydroxyl groups excluding tert-OH is 1. The predicted octanol–water partition coefficient (Wildman–Crippen LogP) is 2.02. The quantitative estimate of drug-likeness (QED) is 0.512. The zero-order valence-electron chi connectivity index (χ0n) is 6.67. The van der Waals surface area contributed by atoms with Gasteiger partial charge in [-0.05, 0) is 12.0 Å². The lowest BCUT2D eigenvalue weighted by Gasteiger charge is -2.16. The van der Waals surface area contributed by atoms with E-state index >= 15 is 0 Å². The Morgan fingerprint density at radius 1 is 1.62 bits per heavy atom. The highest BCUT2D eigenvalue weighted by molar-refractivity contribution is 6.29. The fourth-order valence-corrected chi connectivity index (χ4v) is 1.57. The van der Waals surface area contributed by atoms with Crippen LogP contribution in [0.4, 0.5) is 4.39 Å². The van der Waals surface area contributed by atoms with Crippen molar-refractivity contribution in [1.82, 2.24) is 4.98 Å². The molecule has 0 radical (unpaired) electrons. The van der Waals surface area contributed by atoms with Crippen molar-refractivity contribution in [3.8, 4) is 0 Å². The van der Waals surface area contributed by atoms with E-state index in [2.05, 4.69) is 4.98 Å². The number of hydrogen-bond acceptors (Lipinski definition) is 2. The molecular formula is C9H7ClFNO. The molecule has 1 heterocycles. The summed E-state index contributed by atoms with van der Waals surface area (Å²) in [5.74, 6) is -0.615. The number of nitrogens with zero attached hydrogens (tertiary/aromatic N) is 1. The van der Waals surface area contributed by atoms with Crippen molar-refractivity contribution in [3.63, 3.8) is 0 Å². The maximum absolute atomic E-state index is 13.3. The van der Waals surface area contributed by atoms with Crippen molar-refractivity contribution >= 4 is 11.6 Å². The van der Waals surface area contributed by atoms with Crippen molar-refractivity contribution in [3.05, 3.63) is 40.4 Å². The molecule has 1 N–H and O–H groups in total. The van der Waals surface area contributed by atoms with Gasteiger partial charge >= 0.3 is 0 Å². The van der Waals surface area contributed by atoms with E-state index in [0.717, 1.165) is 0 Å². The Kier molecular flexibility index (Phi) is 2.06. The molecule has 68 valence electrons. The molecule has 1 aromatic heterocycles. The molecule has 0 fully saturated rings. The summed E-state index contributed by atoms with van der Waals surface area (Å²) < 4.78 is 13.3. The lowest BCUT2D eigenvalue weighted by atomic mass is 9.96. The SMILES string of the molecule is OC1C=CCc2cnc(Cl)c(F)c21. The number of aromatic nitrogens is 1. The van der Waals surface area contributed by atoms with Crippen LogP contribution in [0.25, 0.3) is 0 Å². The number of halogens is 2. The molecule has 13 heavy (non-hydrogen) atoms. The summed E-state index contributed by atoms with van der Waals surface area (Å²) in [6.07, 6.45) is 4.51. The van der Waals surface area contributed by atoms with Crippen LogP contribution in [0, 0.1) is 5.82 Å². The van der Waals surface area contributed by atoms with E-state index in [1.165, 1.54) is 6.20 Å². The lowest BCUT2D eigenvalue weighted by Crippen LogP contribution is -2.08. The lowest BCUT2D eigenvalue weighted by molar-refractivity contribution is 0.219. The van der Waals surface area contributed by atoms with Crippen LogP contribution in [-0.4, -0.2) is 10.1 Å². The number of allylic oxidation sites excluding steroid dienone is 1. The molecule has 1 unspecified atom stereocenters. The number of hydrogen-bond donors (Lipinski definition) is 1. The van der Waals surface area contributed by atoms with E-state index in [9.17, 15) is 9.50 Å². The third-order valence-corrected chi connectivity index (χ3v) is 2.31. The van der Waals surface area contributed by atoms with Crippen LogP contribution >= 0.6 is 11.6 Å². The molecule has 0 amide bonds. The van der Waals surface area contributed by atoms with Crippen LogP contribution < -0.4 is 0 Å². The maximum Gasteiger partial charge on any atom is 0.166 e. The Hall–Kier alpha value is -0.930. The van der Waals surface area contributed by atoms with Crippen LogP contribution in [-0.2, 0) is 6.42 Å². The highest BCUT2D eigenvalue weighted by Gasteiger charge is 2.20. The van der Waals surface area contributed by atoms with Crippen molar-refractivity contribution < 1.29 is 9.50 Å². The largest absolute Gasteiger partial charge is 0.384 e. The van der Waals surface area contributed by atoms with Crippen LogP contribution in [0.1, 0.15) is 17.2 Å². The monoisotopic (exact) mass is 199 g/mol. The van der Waals surface area contributed by atoms with Gasteiger partial charge in [-0.25, -0.2) is 9.37 Å². The molecule has 1 aromatic rings. The second-order valence-electron chi connectivity index (χ2n) is 2.88. The normalized spacial score (nSPS) is 20.1. The molecular weight excluding hydrogens is 193 g/mol. The Morgan fingerprint density at radius 3 is 3.15 bits per heavy atom. The average molecular weight is 200 g/mol. The summed E-state index contributed by atoms with van der Waals surface area (Å²) in [6, 6.07) is 0. The first-order chi connectivity index (χ1) is 6.20. The van der Waals surface area contributed by atoms with Gasteiger partial charge in [0.05, 0.1) is 0 Å². The van der Waals surface area contributed by atoms with E-state index in [-0.39, 0.29) is 10.7 Å². The summed E-state index contributed by atoms with van der Waals surface area (Å²) in [5, 5.41) is 9.27. The van der Waals surface area contributed by atoms with Crippen molar-refractivity contribution in [2.45, 2.75) is 12.5 Å². The topological polar surface area (TPSA) is 33.1 Å². The van der Waals surface area contributed by atoms with Crippen LogP contribution in [0.5, 0.6) is 0 Å². The van der Waals surface area contributed by atoms with E-state index < -0.39 is 11.9 Å². The van der Waals surface area contributed by atoms with Gasteiger partial charge in [-0.2, -0.15) is 0 Å². The van der Waals surface area contributed by atoms with Gasteiger partial charge in [0, 0.05) is 11.8 Å². The predicted molar refractivity (Wildman–Crippen MR) is 47.0 cm³/mol. The Morgan fingerprint density at radius 2 is 2.38 bits per heavy atom. The highest BCUT2D eigenvalue weighted by atomic mass is 35.5. The molecule has 1 aliphatic carbocycles. The van der Waals surface area contributed by atoms with Gasteiger partial charge in [0.1, 0.15) is 6.10 Å². The first kappa shape index (κ1) is 8.66. The van der Waals surface area contributed by atoms with Crippen LogP contribution in [0.2, 0.25) is 5.15 Å². The average Bonchev–Trinajstić information content (AvgIpc) is 2.12. The van der Waals surface area contributed by atoms with Gasteiger partial charge in [0.2, 0.25) is 0 Å². The number of rotatable bonds is 0. The fourth-order valence-electron chi connectivity index (χ4n) is 1.42. The third kappa shape index (κ3) is 1.34. The summed E-state index contributed by atoms with van der Waals surface area (Å²) >= 11 is 5.49. The van der Waals surface area contributed by atoms with Crippen molar-refractivity contribution in [2.75, 3.05) is 0 Å². The first-order valence-electron chi connectivity index (χ1n) is 3.87. The molecule has 0 bridgehead atoms. The fraction of sp³-hybridized carbons (Fsp3) is 0.222.